The number of carbonyl (C=O) groups excluding carboxylic acids is 2. The van der Waals surface area contributed by atoms with Gasteiger partial charge in [-0.3, -0.25) is 9.59 Å². The summed E-state index contributed by atoms with van der Waals surface area (Å²) in [6.07, 6.45) is 2.31. The quantitative estimate of drug-likeness (QED) is 0.866. The third-order valence-electron chi connectivity index (χ3n) is 4.49. The van der Waals surface area contributed by atoms with Crippen LogP contribution in [-0.2, 0) is 17.6 Å². The molecule has 0 aliphatic heterocycles. The number of nitrogens with one attached hydrogen (secondary N) is 1. The van der Waals surface area contributed by atoms with Crippen molar-refractivity contribution in [3.63, 3.8) is 0 Å². The number of primary amides is 1. The molecule has 2 aromatic rings. The summed E-state index contributed by atoms with van der Waals surface area (Å²) in [5, 5.41) is 7.01. The number of para-hydroxylation sites is 1. The highest BCUT2D eigenvalue weighted by Crippen LogP contribution is 2.28. The summed E-state index contributed by atoms with van der Waals surface area (Å²) in [4.78, 5) is 24.2. The zero-order chi connectivity index (χ0) is 18.1. The fourth-order valence-electron chi connectivity index (χ4n) is 3.22. The Morgan fingerprint density at radius 3 is 2.64 bits per heavy atom. The Hall–Kier alpha value is -2.70. The third-order valence-corrected chi connectivity index (χ3v) is 4.49. The molecule has 3 N–H and O–H groups in total. The van der Waals surface area contributed by atoms with Gasteiger partial charge in [0.2, 0.25) is 5.91 Å². The van der Waals surface area contributed by atoms with E-state index in [0.717, 1.165) is 24.1 Å². The number of carbonyl (C=O) groups is 2. The lowest BCUT2D eigenvalue weighted by molar-refractivity contribution is -0.120. The van der Waals surface area contributed by atoms with Crippen LogP contribution >= 0.6 is 0 Å². The summed E-state index contributed by atoms with van der Waals surface area (Å²) in [7, 11) is 0. The van der Waals surface area contributed by atoms with Gasteiger partial charge in [-0.25, -0.2) is 9.07 Å². The van der Waals surface area contributed by atoms with Gasteiger partial charge in [-0.2, -0.15) is 5.10 Å². The minimum absolute atomic E-state index is 0.136. The Balaban J connectivity index is 1.99. The predicted molar refractivity (Wildman–Crippen MR) is 90.8 cm³/mol. The third kappa shape index (κ3) is 3.14. The molecule has 1 unspecified atom stereocenters. The van der Waals surface area contributed by atoms with Crippen LogP contribution in [0.2, 0.25) is 0 Å². The molecule has 1 aliphatic carbocycles. The molecule has 1 aromatic carbocycles. The van der Waals surface area contributed by atoms with Gasteiger partial charge in [-0.05, 0) is 37.3 Å². The van der Waals surface area contributed by atoms with Gasteiger partial charge in [0.25, 0.3) is 5.91 Å². The van der Waals surface area contributed by atoms with Gasteiger partial charge < -0.3 is 11.1 Å². The van der Waals surface area contributed by atoms with Crippen LogP contribution < -0.4 is 11.1 Å². The van der Waals surface area contributed by atoms with Crippen LogP contribution in [0, 0.1) is 11.7 Å². The number of benzene rings is 1. The molecule has 1 heterocycles. The summed E-state index contributed by atoms with van der Waals surface area (Å²) in [5.74, 6) is -1.58. The second kappa shape index (κ2) is 6.66. The van der Waals surface area contributed by atoms with Crippen molar-refractivity contribution in [3.05, 3.63) is 47.0 Å². The van der Waals surface area contributed by atoms with Crippen LogP contribution in [0.15, 0.2) is 24.3 Å². The van der Waals surface area contributed by atoms with E-state index in [2.05, 4.69) is 10.4 Å². The van der Waals surface area contributed by atoms with Crippen LogP contribution in [-0.4, -0.2) is 27.6 Å². The van der Waals surface area contributed by atoms with E-state index in [1.54, 1.807) is 32.0 Å². The van der Waals surface area contributed by atoms with Gasteiger partial charge in [0, 0.05) is 11.3 Å². The molecular formula is C18H21FN4O2. The highest BCUT2D eigenvalue weighted by molar-refractivity contribution is 5.97. The number of nitrogens with two attached hydrogens (primary N) is 1. The highest BCUT2D eigenvalue weighted by Gasteiger charge is 2.30. The van der Waals surface area contributed by atoms with E-state index < -0.39 is 23.7 Å². The van der Waals surface area contributed by atoms with E-state index in [-0.39, 0.29) is 11.6 Å². The van der Waals surface area contributed by atoms with Gasteiger partial charge in [0.15, 0.2) is 5.69 Å². The van der Waals surface area contributed by atoms with Crippen LogP contribution in [0.4, 0.5) is 4.39 Å². The molecule has 2 amide bonds. The maximum atomic E-state index is 14.2. The van der Waals surface area contributed by atoms with Crippen molar-refractivity contribution in [2.45, 2.75) is 39.2 Å². The van der Waals surface area contributed by atoms with E-state index in [0.29, 0.717) is 12.1 Å². The van der Waals surface area contributed by atoms with E-state index in [1.165, 1.54) is 10.7 Å². The van der Waals surface area contributed by atoms with E-state index in [9.17, 15) is 14.0 Å². The molecule has 6 nitrogen and oxygen atoms in total. The first-order valence-corrected chi connectivity index (χ1v) is 8.36. The number of nitrogens with zero attached hydrogens (tertiary/aromatic N) is 2. The molecule has 0 spiro atoms. The van der Waals surface area contributed by atoms with Gasteiger partial charge in [0.1, 0.15) is 17.5 Å². The maximum absolute atomic E-state index is 14.2. The predicted octanol–water partition coefficient (Wildman–Crippen LogP) is 1.74. The summed E-state index contributed by atoms with van der Waals surface area (Å²) >= 11 is 0. The smallest absolute Gasteiger partial charge is 0.272 e. The van der Waals surface area contributed by atoms with Crippen molar-refractivity contribution in [1.82, 2.24) is 15.1 Å². The molecule has 1 aromatic heterocycles. The fraction of sp³-hybridized carbons (Fsp3) is 0.389. The average Bonchev–Trinajstić information content (AvgIpc) is 3.14. The number of fused-ring (bicyclic) bond motifs is 1. The lowest BCUT2D eigenvalue weighted by Crippen LogP contribution is -2.48. The van der Waals surface area contributed by atoms with Gasteiger partial charge in [-0.15, -0.1) is 0 Å². The first kappa shape index (κ1) is 17.1. The molecular weight excluding hydrogens is 323 g/mol. The molecule has 7 heteroatoms. The van der Waals surface area contributed by atoms with Crippen LogP contribution in [0.1, 0.15) is 42.0 Å². The number of rotatable bonds is 5. The second-order valence-corrected chi connectivity index (χ2v) is 6.59. The Morgan fingerprint density at radius 2 is 2.00 bits per heavy atom. The van der Waals surface area contributed by atoms with E-state index in [4.69, 9.17) is 5.73 Å². The lowest BCUT2D eigenvalue weighted by Gasteiger charge is -2.18. The van der Waals surface area contributed by atoms with Crippen LogP contribution in [0.3, 0.4) is 0 Å². The minimum Gasteiger partial charge on any atom is -0.368 e. The first-order valence-electron chi connectivity index (χ1n) is 8.36. The maximum Gasteiger partial charge on any atom is 0.272 e. The van der Waals surface area contributed by atoms with Crippen LogP contribution in [0.25, 0.3) is 5.69 Å². The van der Waals surface area contributed by atoms with Crippen molar-refractivity contribution >= 4 is 11.8 Å². The number of halogens is 1. The fourth-order valence-corrected chi connectivity index (χ4v) is 3.22. The molecule has 0 radical (unpaired) electrons. The molecule has 0 saturated carbocycles. The van der Waals surface area contributed by atoms with Gasteiger partial charge in [0.05, 0.1) is 0 Å². The molecule has 25 heavy (non-hydrogen) atoms. The Labute approximate surface area is 145 Å². The largest absolute Gasteiger partial charge is 0.368 e. The summed E-state index contributed by atoms with van der Waals surface area (Å²) in [6.45, 7) is 3.61. The summed E-state index contributed by atoms with van der Waals surface area (Å²) < 4.78 is 15.7. The highest BCUT2D eigenvalue weighted by atomic mass is 19.1. The molecule has 1 atom stereocenters. The number of aromatic nitrogens is 2. The zero-order valence-electron chi connectivity index (χ0n) is 14.3. The number of amides is 2. The summed E-state index contributed by atoms with van der Waals surface area (Å²) in [5.41, 5.74) is 7.57. The Kier molecular flexibility index (Phi) is 4.57. The molecule has 1 aliphatic rings. The van der Waals surface area contributed by atoms with Gasteiger partial charge >= 0.3 is 0 Å². The lowest BCUT2D eigenvalue weighted by atomic mass is 10.0. The first-order chi connectivity index (χ1) is 11.9. The molecule has 0 fully saturated rings. The minimum atomic E-state index is -0.775. The molecule has 0 bridgehead atoms. The molecule has 0 saturated heterocycles. The zero-order valence-corrected chi connectivity index (χ0v) is 14.3. The second-order valence-electron chi connectivity index (χ2n) is 6.59. The van der Waals surface area contributed by atoms with Crippen molar-refractivity contribution in [3.8, 4) is 5.69 Å². The van der Waals surface area contributed by atoms with Crippen molar-refractivity contribution < 1.29 is 14.0 Å². The van der Waals surface area contributed by atoms with Crippen LogP contribution in [0.5, 0.6) is 0 Å². The monoisotopic (exact) mass is 344 g/mol. The summed E-state index contributed by atoms with van der Waals surface area (Å²) in [6, 6.07) is 5.55. The molecule has 3 rings (SSSR count). The van der Waals surface area contributed by atoms with E-state index in [1.807, 2.05) is 0 Å². The van der Waals surface area contributed by atoms with Crippen molar-refractivity contribution in [2.24, 2.45) is 11.7 Å². The Morgan fingerprint density at radius 1 is 1.28 bits per heavy atom. The average molecular weight is 344 g/mol. The molecule has 132 valence electrons. The van der Waals surface area contributed by atoms with E-state index >= 15 is 0 Å². The van der Waals surface area contributed by atoms with Gasteiger partial charge in [-0.1, -0.05) is 26.0 Å². The van der Waals surface area contributed by atoms with Crippen molar-refractivity contribution in [1.29, 1.82) is 0 Å². The standard InChI is InChI=1S/C18H21FN4O2/c1-10(2)15(17(20)24)21-18(25)16-11-6-5-9-13(11)23(22-16)14-8-4-3-7-12(14)19/h3-4,7-8,10,15H,5-6,9H2,1-2H3,(H2,20,24)(H,21,25). The number of hydrogen-bond acceptors (Lipinski definition) is 3. The normalized spacial score (nSPS) is 14.4. The Bertz CT molecular complexity index is 828. The van der Waals surface area contributed by atoms with Crippen molar-refractivity contribution in [2.75, 3.05) is 0 Å². The topological polar surface area (TPSA) is 90.0 Å². The SMILES string of the molecule is CC(C)C(NC(=O)c1nn(-c2ccccc2F)c2c1CCC2)C(N)=O. The number of hydrogen-bond donors (Lipinski definition) is 2.